The van der Waals surface area contributed by atoms with Gasteiger partial charge in [0.05, 0.1) is 18.9 Å². The Kier molecular flexibility index (Phi) is 6.36. The van der Waals surface area contributed by atoms with E-state index in [9.17, 15) is 4.39 Å². The van der Waals surface area contributed by atoms with Crippen molar-refractivity contribution in [3.63, 3.8) is 0 Å². The van der Waals surface area contributed by atoms with Crippen molar-refractivity contribution >= 4 is 0 Å². The van der Waals surface area contributed by atoms with Gasteiger partial charge < -0.3 is 9.47 Å². The van der Waals surface area contributed by atoms with Crippen molar-refractivity contribution in [3.05, 3.63) is 59.2 Å². The minimum Gasteiger partial charge on any atom is -0.493 e. The van der Waals surface area contributed by atoms with Crippen LogP contribution in [0.3, 0.4) is 0 Å². The lowest BCUT2D eigenvalue weighted by Crippen LogP contribution is -2.28. The summed E-state index contributed by atoms with van der Waals surface area (Å²) in [5.41, 5.74) is 2.87. The molecule has 25 heavy (non-hydrogen) atoms. The van der Waals surface area contributed by atoms with Crippen LogP contribution in [0.5, 0.6) is 5.75 Å². The van der Waals surface area contributed by atoms with E-state index in [1.165, 1.54) is 6.07 Å². The SMILES string of the molecule is Cc1cccc(CN2CCOCCCCOc3ccc(F)cc3C2)n1. The second-order valence-corrected chi connectivity index (χ2v) is 6.40. The molecule has 0 aliphatic carbocycles. The fourth-order valence-corrected chi connectivity index (χ4v) is 2.97. The van der Waals surface area contributed by atoms with Crippen molar-refractivity contribution in [1.82, 2.24) is 9.88 Å². The van der Waals surface area contributed by atoms with Crippen LogP contribution in [-0.2, 0) is 17.8 Å². The molecule has 0 unspecified atom stereocenters. The predicted octanol–water partition coefficient (Wildman–Crippen LogP) is 3.72. The van der Waals surface area contributed by atoms with Gasteiger partial charge in [0.25, 0.3) is 0 Å². The minimum absolute atomic E-state index is 0.237. The Labute approximate surface area is 148 Å². The number of nitrogens with zero attached hydrogens (tertiary/aromatic N) is 2. The monoisotopic (exact) mass is 344 g/mol. The van der Waals surface area contributed by atoms with Crippen LogP contribution < -0.4 is 4.74 Å². The highest BCUT2D eigenvalue weighted by Crippen LogP contribution is 2.23. The summed E-state index contributed by atoms with van der Waals surface area (Å²) in [7, 11) is 0. The van der Waals surface area contributed by atoms with Crippen molar-refractivity contribution in [2.75, 3.05) is 26.4 Å². The van der Waals surface area contributed by atoms with Crippen molar-refractivity contribution in [2.24, 2.45) is 0 Å². The lowest BCUT2D eigenvalue weighted by Gasteiger charge is -2.24. The molecule has 5 heteroatoms. The van der Waals surface area contributed by atoms with Crippen LogP contribution in [0.25, 0.3) is 0 Å². The van der Waals surface area contributed by atoms with Gasteiger partial charge >= 0.3 is 0 Å². The molecule has 0 spiro atoms. The Morgan fingerprint density at radius 2 is 2.00 bits per heavy atom. The van der Waals surface area contributed by atoms with Crippen LogP contribution in [0, 0.1) is 12.7 Å². The molecule has 2 aromatic rings. The quantitative estimate of drug-likeness (QED) is 0.832. The lowest BCUT2D eigenvalue weighted by atomic mass is 10.1. The average Bonchev–Trinajstić information content (AvgIpc) is 2.57. The Hall–Kier alpha value is -1.98. The summed E-state index contributed by atoms with van der Waals surface area (Å²) >= 11 is 0. The zero-order chi connectivity index (χ0) is 17.5. The van der Waals surface area contributed by atoms with Gasteiger partial charge in [-0.15, -0.1) is 0 Å². The highest BCUT2D eigenvalue weighted by Gasteiger charge is 2.14. The highest BCUT2D eigenvalue weighted by atomic mass is 19.1. The van der Waals surface area contributed by atoms with Gasteiger partial charge in [0, 0.05) is 37.5 Å². The first-order valence-corrected chi connectivity index (χ1v) is 8.84. The molecule has 1 aliphatic rings. The van der Waals surface area contributed by atoms with Crippen LogP contribution in [-0.4, -0.2) is 36.2 Å². The first-order valence-electron chi connectivity index (χ1n) is 8.84. The molecule has 2 heterocycles. The predicted molar refractivity (Wildman–Crippen MR) is 95.0 cm³/mol. The minimum atomic E-state index is -0.237. The molecule has 4 nitrogen and oxygen atoms in total. The first kappa shape index (κ1) is 17.8. The van der Waals surface area contributed by atoms with Crippen LogP contribution in [0.2, 0.25) is 0 Å². The average molecular weight is 344 g/mol. The number of halogens is 1. The summed E-state index contributed by atoms with van der Waals surface area (Å²) in [5, 5.41) is 0. The van der Waals surface area contributed by atoms with E-state index >= 15 is 0 Å². The molecule has 0 bridgehead atoms. The number of aryl methyl sites for hydroxylation is 1. The third-order valence-electron chi connectivity index (χ3n) is 4.24. The molecule has 0 radical (unpaired) electrons. The smallest absolute Gasteiger partial charge is 0.123 e. The van der Waals surface area contributed by atoms with E-state index < -0.39 is 0 Å². The van der Waals surface area contributed by atoms with E-state index in [0.717, 1.165) is 48.7 Å². The van der Waals surface area contributed by atoms with E-state index in [1.807, 2.05) is 25.1 Å². The van der Waals surface area contributed by atoms with Gasteiger partial charge in [-0.25, -0.2) is 4.39 Å². The molecular formula is C20H25FN2O2. The fourth-order valence-electron chi connectivity index (χ4n) is 2.97. The molecule has 0 atom stereocenters. The fraction of sp³-hybridized carbons (Fsp3) is 0.450. The van der Waals surface area contributed by atoms with Gasteiger partial charge in [-0.05, 0) is 50.1 Å². The molecular weight excluding hydrogens is 319 g/mol. The Morgan fingerprint density at radius 1 is 1.12 bits per heavy atom. The van der Waals surface area contributed by atoms with Gasteiger partial charge in [0.1, 0.15) is 11.6 Å². The van der Waals surface area contributed by atoms with Gasteiger partial charge in [-0.1, -0.05) is 6.07 Å². The number of rotatable bonds is 2. The van der Waals surface area contributed by atoms with Gasteiger partial charge in [-0.2, -0.15) is 0 Å². The molecule has 134 valence electrons. The summed E-state index contributed by atoms with van der Waals surface area (Å²) in [5.74, 6) is 0.532. The summed E-state index contributed by atoms with van der Waals surface area (Å²) in [4.78, 5) is 6.81. The third-order valence-corrected chi connectivity index (χ3v) is 4.24. The molecule has 0 fully saturated rings. The standard InChI is InChI=1S/C20H25FN2O2/c1-16-5-4-6-19(22-16)15-23-9-12-24-10-2-3-11-25-20-8-7-18(21)13-17(20)14-23/h4-8,13H,2-3,9-12,14-15H2,1H3. The van der Waals surface area contributed by atoms with Crippen molar-refractivity contribution in [2.45, 2.75) is 32.9 Å². The Morgan fingerprint density at radius 3 is 2.88 bits per heavy atom. The molecule has 0 saturated carbocycles. The van der Waals surface area contributed by atoms with E-state index in [-0.39, 0.29) is 5.82 Å². The number of hydrogen-bond acceptors (Lipinski definition) is 4. The lowest BCUT2D eigenvalue weighted by molar-refractivity contribution is 0.0904. The van der Waals surface area contributed by atoms with Gasteiger partial charge in [-0.3, -0.25) is 9.88 Å². The Bertz CT molecular complexity index is 693. The summed E-state index contributed by atoms with van der Waals surface area (Å²) < 4.78 is 25.3. The second kappa shape index (κ2) is 8.92. The normalized spacial score (nSPS) is 17.0. The van der Waals surface area contributed by atoms with E-state index in [4.69, 9.17) is 9.47 Å². The van der Waals surface area contributed by atoms with E-state index in [2.05, 4.69) is 9.88 Å². The molecule has 1 aliphatic heterocycles. The largest absolute Gasteiger partial charge is 0.493 e. The maximum atomic E-state index is 13.8. The number of benzene rings is 1. The summed E-state index contributed by atoms with van der Waals surface area (Å²) in [6.45, 7) is 6.09. The highest BCUT2D eigenvalue weighted by molar-refractivity contribution is 5.34. The first-order chi connectivity index (χ1) is 12.2. The van der Waals surface area contributed by atoms with Gasteiger partial charge in [0.15, 0.2) is 0 Å². The molecule has 0 N–H and O–H groups in total. The zero-order valence-corrected chi connectivity index (χ0v) is 14.7. The van der Waals surface area contributed by atoms with Crippen molar-refractivity contribution < 1.29 is 13.9 Å². The number of hydrogen-bond donors (Lipinski definition) is 0. The third kappa shape index (κ3) is 5.51. The van der Waals surface area contributed by atoms with Crippen molar-refractivity contribution in [1.29, 1.82) is 0 Å². The van der Waals surface area contributed by atoms with E-state index in [1.54, 1.807) is 12.1 Å². The molecule has 1 aromatic carbocycles. The van der Waals surface area contributed by atoms with Crippen LogP contribution in [0.4, 0.5) is 4.39 Å². The number of aromatic nitrogens is 1. The second-order valence-electron chi connectivity index (χ2n) is 6.40. The van der Waals surface area contributed by atoms with Gasteiger partial charge in [0.2, 0.25) is 0 Å². The van der Waals surface area contributed by atoms with Crippen LogP contribution in [0.15, 0.2) is 36.4 Å². The maximum absolute atomic E-state index is 13.8. The molecule has 1 aromatic heterocycles. The molecule has 0 saturated heterocycles. The topological polar surface area (TPSA) is 34.6 Å². The number of pyridine rings is 1. The summed E-state index contributed by atoms with van der Waals surface area (Å²) in [6, 6.07) is 10.8. The summed E-state index contributed by atoms with van der Waals surface area (Å²) in [6.07, 6.45) is 1.91. The molecule has 3 rings (SSSR count). The number of ether oxygens (including phenoxy) is 2. The van der Waals surface area contributed by atoms with Crippen LogP contribution >= 0.6 is 0 Å². The molecule has 0 amide bonds. The van der Waals surface area contributed by atoms with Crippen molar-refractivity contribution in [3.8, 4) is 5.75 Å². The number of fused-ring (bicyclic) bond motifs is 1. The van der Waals surface area contributed by atoms with Crippen LogP contribution in [0.1, 0.15) is 29.8 Å². The Balaban J connectivity index is 1.80. The zero-order valence-electron chi connectivity index (χ0n) is 14.7. The maximum Gasteiger partial charge on any atom is 0.123 e. The van der Waals surface area contributed by atoms with E-state index in [0.29, 0.717) is 26.3 Å².